The maximum Gasteiger partial charge on any atom is 0.413 e. The molecule has 1 aliphatic carbocycles. The maximum absolute atomic E-state index is 12.7. The third-order valence-corrected chi connectivity index (χ3v) is 7.02. The number of carbonyl (C=O) groups is 1. The molecule has 0 radical (unpaired) electrons. The van der Waals surface area contributed by atoms with Gasteiger partial charge in [0.15, 0.2) is 9.84 Å². The Bertz CT molecular complexity index is 940. The lowest BCUT2D eigenvalue weighted by Crippen LogP contribution is -2.30. The van der Waals surface area contributed by atoms with Crippen molar-refractivity contribution in [2.45, 2.75) is 77.7 Å². The van der Waals surface area contributed by atoms with E-state index in [1.807, 2.05) is 14.0 Å². The molecule has 0 spiro atoms. The molecule has 0 heterocycles. The van der Waals surface area contributed by atoms with Crippen LogP contribution in [0.3, 0.4) is 0 Å². The summed E-state index contributed by atoms with van der Waals surface area (Å²) in [6.07, 6.45) is 3.76. The second-order valence-corrected chi connectivity index (χ2v) is 11.7. The van der Waals surface area contributed by atoms with Crippen LogP contribution in [0.25, 0.3) is 0 Å². The summed E-state index contributed by atoms with van der Waals surface area (Å²) in [5.41, 5.74) is -0.852. The van der Waals surface area contributed by atoms with E-state index in [-0.39, 0.29) is 23.9 Å². The van der Waals surface area contributed by atoms with Gasteiger partial charge in [0.2, 0.25) is 5.91 Å². The Morgan fingerprint density at radius 3 is 2.11 bits per heavy atom. The topological polar surface area (TPSA) is 78.8 Å². The van der Waals surface area contributed by atoms with Crippen LogP contribution in [0.5, 0.6) is 0 Å². The Hall–Kier alpha value is -2.50. The minimum atomic E-state index is -4.51. The molecule has 1 N–H and O–H groups in total. The number of nitrogens with one attached hydrogen (secondary N) is 1. The number of sulfone groups is 1. The number of carbonyl (C=O) groups excluding carboxylic acids is 1. The summed E-state index contributed by atoms with van der Waals surface area (Å²) in [6.45, 7) is 12.5. The molecule has 214 valence electrons. The average molecular weight is 558 g/mol. The fourth-order valence-corrected chi connectivity index (χ4v) is 3.59. The van der Waals surface area contributed by atoms with Crippen LogP contribution >= 0.6 is 0 Å². The van der Waals surface area contributed by atoms with Gasteiger partial charge in [0, 0.05) is 33.0 Å². The van der Waals surface area contributed by atoms with Crippen molar-refractivity contribution in [1.29, 1.82) is 0 Å². The van der Waals surface area contributed by atoms with Crippen LogP contribution in [-0.2, 0) is 14.6 Å². The molecule has 0 aliphatic heterocycles. The molecule has 0 aromatic rings. The first-order chi connectivity index (χ1) is 16.7. The van der Waals surface area contributed by atoms with Gasteiger partial charge in [-0.1, -0.05) is 32.1 Å². The molecule has 1 rings (SSSR count). The largest absolute Gasteiger partial charge is 0.413 e. The van der Waals surface area contributed by atoms with Crippen molar-refractivity contribution in [2.24, 2.45) is 4.99 Å². The van der Waals surface area contributed by atoms with E-state index in [1.54, 1.807) is 6.20 Å². The number of allylic oxidation sites excluding steroid dienone is 5. The van der Waals surface area contributed by atoms with Crippen LogP contribution in [0.4, 0.5) is 22.0 Å². The number of unbranched alkanes of at least 4 members (excludes halogenated alkanes) is 1. The molecule has 37 heavy (non-hydrogen) atoms. The first-order valence-corrected chi connectivity index (χ1v) is 13.0. The molecule has 12 heteroatoms. The predicted octanol–water partition coefficient (Wildman–Crippen LogP) is 6.20. The van der Waals surface area contributed by atoms with Gasteiger partial charge < -0.3 is 10.2 Å². The summed E-state index contributed by atoms with van der Waals surface area (Å²) < 4.78 is 85.8. The van der Waals surface area contributed by atoms with Gasteiger partial charge in [-0.2, -0.15) is 13.2 Å². The van der Waals surface area contributed by atoms with Gasteiger partial charge in [-0.15, -0.1) is 0 Å². The van der Waals surface area contributed by atoms with Gasteiger partial charge in [0.1, 0.15) is 6.67 Å². The molecule has 0 aromatic heterocycles. The Morgan fingerprint density at radius 2 is 1.73 bits per heavy atom. The van der Waals surface area contributed by atoms with Crippen LogP contribution in [0.1, 0.15) is 60.8 Å². The van der Waals surface area contributed by atoms with E-state index in [1.165, 1.54) is 50.8 Å². The fraction of sp³-hybridized carbons (Fsp3) is 0.600. The lowest BCUT2D eigenvalue weighted by atomic mass is 10.2. The molecule has 0 saturated carbocycles. The Labute approximate surface area is 218 Å². The van der Waals surface area contributed by atoms with E-state index in [2.05, 4.69) is 16.9 Å². The monoisotopic (exact) mass is 557 g/mol. The Morgan fingerprint density at radius 1 is 1.19 bits per heavy atom. The molecule has 6 nitrogen and oxygen atoms in total. The van der Waals surface area contributed by atoms with Gasteiger partial charge in [-0.05, 0) is 52.0 Å². The van der Waals surface area contributed by atoms with Gasteiger partial charge in [0.05, 0.1) is 15.9 Å². The van der Waals surface area contributed by atoms with Gasteiger partial charge >= 0.3 is 6.18 Å². The predicted molar refractivity (Wildman–Crippen MR) is 140 cm³/mol. The first-order valence-electron chi connectivity index (χ1n) is 11.6. The second-order valence-electron chi connectivity index (χ2n) is 9.02. The molecule has 0 bridgehead atoms. The summed E-state index contributed by atoms with van der Waals surface area (Å²) >= 11 is 0. The fourth-order valence-electron chi connectivity index (χ4n) is 2.33. The zero-order valence-corrected chi connectivity index (χ0v) is 23.4. The molecule has 1 aliphatic rings. The smallest absolute Gasteiger partial charge is 0.394 e. The molecule has 0 unspecified atom stereocenters. The molecular formula is C25H40F5N3O3S. The number of alkyl halides is 5. The number of nitrogens with zero attached hydrogens (tertiary/aromatic N) is 2. The highest BCUT2D eigenvalue weighted by Crippen LogP contribution is 2.34. The van der Waals surface area contributed by atoms with Crippen LogP contribution in [0.15, 0.2) is 52.6 Å². The lowest BCUT2D eigenvalue weighted by molar-refractivity contribution is -0.128. The molecule has 0 fully saturated rings. The molecule has 0 aromatic carbocycles. The van der Waals surface area contributed by atoms with Crippen LogP contribution < -0.4 is 5.32 Å². The number of halogens is 5. The standard InChI is InChI=1S/C12H15F3O2S.C10H18F2N2O.C3H7N/c1-11(2,3)18(16,17)10-7-5-4-6-9(8-10)12(13,14)15;1-4-5-6-14(9(2)15)8-13-7-10(3,11)12;1-3-4-2/h4-5,7-8H,6H2,1-3H3;7H,4-6,8H2,1-3H3;3-4H,1H2,2H3/b;13-7+;. The highest BCUT2D eigenvalue weighted by atomic mass is 32.2. The zero-order chi connectivity index (χ0) is 29.5. The SMILES string of the molecule is C=CNC.CC(C)(C)S(=O)(=O)C1=CC=CCC(C(F)(F)F)=C1.CCCCN(C/N=C/C(C)(F)F)C(C)=O. The van der Waals surface area contributed by atoms with E-state index in [9.17, 15) is 35.2 Å². The number of aliphatic imine (C=N–C) groups is 1. The van der Waals surface area contributed by atoms with Crippen LogP contribution in [0.2, 0.25) is 0 Å². The Kier molecular flexibility index (Phi) is 16.2. The normalized spacial score (nSPS) is 14.3. The van der Waals surface area contributed by atoms with Crippen LogP contribution in [-0.4, -0.2) is 62.5 Å². The van der Waals surface area contributed by atoms with E-state index in [0.29, 0.717) is 12.8 Å². The summed E-state index contributed by atoms with van der Waals surface area (Å²) in [6, 6.07) is 0. The third-order valence-electron chi connectivity index (χ3n) is 4.53. The van der Waals surface area contributed by atoms with Crippen molar-refractivity contribution in [3.05, 3.63) is 47.6 Å². The summed E-state index contributed by atoms with van der Waals surface area (Å²) in [7, 11) is -1.97. The second kappa shape index (κ2) is 16.4. The van der Waals surface area contributed by atoms with E-state index in [0.717, 1.165) is 25.8 Å². The van der Waals surface area contributed by atoms with Crippen LogP contribution in [0, 0.1) is 0 Å². The highest BCUT2D eigenvalue weighted by Gasteiger charge is 2.37. The quantitative estimate of drug-likeness (QED) is 0.285. The number of rotatable bonds is 8. The third kappa shape index (κ3) is 16.1. The van der Waals surface area contributed by atoms with Gasteiger partial charge in [-0.3, -0.25) is 9.79 Å². The first kappa shape index (κ1) is 36.7. The molecule has 0 atom stereocenters. The zero-order valence-electron chi connectivity index (χ0n) is 22.6. The number of amides is 1. The van der Waals surface area contributed by atoms with Gasteiger partial charge in [0.25, 0.3) is 5.92 Å². The summed E-state index contributed by atoms with van der Waals surface area (Å²) in [4.78, 5) is 15.8. The van der Waals surface area contributed by atoms with Gasteiger partial charge in [-0.25, -0.2) is 17.2 Å². The molecule has 1 amide bonds. The van der Waals surface area contributed by atoms with E-state index >= 15 is 0 Å². The summed E-state index contributed by atoms with van der Waals surface area (Å²) in [5, 5.41) is 2.69. The molecular weight excluding hydrogens is 517 g/mol. The van der Waals surface area contributed by atoms with Crippen molar-refractivity contribution >= 4 is 22.0 Å². The lowest BCUT2D eigenvalue weighted by Gasteiger charge is -2.20. The minimum Gasteiger partial charge on any atom is -0.394 e. The maximum atomic E-state index is 12.7. The summed E-state index contributed by atoms with van der Waals surface area (Å²) in [5.74, 6) is -3.05. The number of hydrogen-bond donors (Lipinski definition) is 1. The van der Waals surface area contributed by atoms with Crippen molar-refractivity contribution in [2.75, 3.05) is 20.3 Å². The van der Waals surface area contributed by atoms with E-state index < -0.39 is 32.3 Å². The minimum absolute atomic E-state index is 0.0127. The molecule has 0 saturated heterocycles. The average Bonchev–Trinajstić information content (AvgIpc) is 3.02. The van der Waals surface area contributed by atoms with E-state index in [4.69, 9.17) is 0 Å². The Balaban J connectivity index is 0. The van der Waals surface area contributed by atoms with Crippen molar-refractivity contribution in [3.8, 4) is 0 Å². The van der Waals surface area contributed by atoms with Crippen molar-refractivity contribution < 1.29 is 35.2 Å². The van der Waals surface area contributed by atoms with Crippen molar-refractivity contribution in [1.82, 2.24) is 10.2 Å². The van der Waals surface area contributed by atoms with Crippen molar-refractivity contribution in [3.63, 3.8) is 0 Å². The number of hydrogen-bond acceptors (Lipinski definition) is 5. The highest BCUT2D eigenvalue weighted by molar-refractivity contribution is 7.96.